The highest BCUT2D eigenvalue weighted by Gasteiger charge is 2.40. The molecule has 2 aromatic rings. The van der Waals surface area contributed by atoms with Crippen LogP contribution < -0.4 is 16.4 Å². The summed E-state index contributed by atoms with van der Waals surface area (Å²) in [5.41, 5.74) is 5.79. The van der Waals surface area contributed by atoms with Crippen LogP contribution in [-0.4, -0.2) is 127 Å². The number of alkyl halides is 3. The summed E-state index contributed by atoms with van der Waals surface area (Å²) in [6, 6.07) is 8.97. The third kappa shape index (κ3) is 10.7. The summed E-state index contributed by atoms with van der Waals surface area (Å²) in [4.78, 5) is 61.2. The number of benzene rings is 2. The number of rotatable bonds is 12. The van der Waals surface area contributed by atoms with Crippen molar-refractivity contribution in [3.05, 3.63) is 58.1 Å². The Hall–Kier alpha value is -4.28. The number of nitrogens with one attached hydrogen (secondary N) is 2. The minimum atomic E-state index is -4.80. The monoisotopic (exact) mass is 833 g/mol. The van der Waals surface area contributed by atoms with Crippen molar-refractivity contribution >= 4 is 47.0 Å². The van der Waals surface area contributed by atoms with Crippen molar-refractivity contribution in [2.75, 3.05) is 70.0 Å². The number of ether oxygens (including phenoxy) is 2. The highest BCUT2D eigenvalue weighted by atomic mass is 35.5. The fourth-order valence-electron chi connectivity index (χ4n) is 8.51. The van der Waals surface area contributed by atoms with Crippen LogP contribution in [0.5, 0.6) is 0 Å². The molecule has 4 aliphatic heterocycles. The molecule has 0 bridgehead atoms. The maximum absolute atomic E-state index is 14.2. The summed E-state index contributed by atoms with van der Waals surface area (Å²) in [6.45, 7) is 5.93. The Morgan fingerprint density at radius 3 is 2.38 bits per heavy atom. The molecule has 0 spiro atoms. The first-order chi connectivity index (χ1) is 27.8. The van der Waals surface area contributed by atoms with Gasteiger partial charge in [-0.25, -0.2) is 9.59 Å². The van der Waals surface area contributed by atoms with Gasteiger partial charge in [0, 0.05) is 76.5 Å². The predicted octanol–water partition coefficient (Wildman–Crippen LogP) is 5.93. The van der Waals surface area contributed by atoms with E-state index in [9.17, 15) is 32.3 Å². The molecule has 4 N–H and O–H groups in total. The first-order valence-corrected chi connectivity index (χ1v) is 20.9. The van der Waals surface area contributed by atoms with Crippen molar-refractivity contribution in [3.63, 3.8) is 0 Å². The Morgan fingerprint density at radius 2 is 1.66 bits per heavy atom. The van der Waals surface area contributed by atoms with Gasteiger partial charge in [-0.15, -0.1) is 0 Å². The molecular formula is C41H55ClF3N7O6. The number of nitrogens with two attached hydrogens (primary N) is 1. The van der Waals surface area contributed by atoms with Crippen LogP contribution in [0.1, 0.15) is 75.0 Å². The number of amides is 4. The lowest BCUT2D eigenvalue weighted by Gasteiger charge is -2.44. The quantitative estimate of drug-likeness (QED) is 0.134. The van der Waals surface area contributed by atoms with Gasteiger partial charge < -0.3 is 40.5 Å². The number of piperidine rings is 2. The van der Waals surface area contributed by atoms with E-state index < -0.39 is 41.6 Å². The summed E-state index contributed by atoms with van der Waals surface area (Å²) < 4.78 is 53.3. The highest BCUT2D eigenvalue weighted by molar-refractivity contribution is 6.33. The van der Waals surface area contributed by atoms with Gasteiger partial charge in [-0.3, -0.25) is 14.5 Å². The lowest BCUT2D eigenvalue weighted by atomic mass is 9.98. The lowest BCUT2D eigenvalue weighted by molar-refractivity contribution is -0.153. The molecule has 0 radical (unpaired) electrons. The molecule has 318 valence electrons. The molecule has 13 nitrogen and oxygen atoms in total. The van der Waals surface area contributed by atoms with Gasteiger partial charge in [0.1, 0.15) is 6.04 Å². The molecule has 4 aliphatic rings. The second kappa shape index (κ2) is 19.6. The summed E-state index contributed by atoms with van der Waals surface area (Å²) in [5.74, 6) is -0.800. The van der Waals surface area contributed by atoms with Gasteiger partial charge in [-0.2, -0.15) is 13.2 Å². The average Bonchev–Trinajstić information content (AvgIpc) is 3.39. The van der Waals surface area contributed by atoms with Gasteiger partial charge in [-0.05, 0) is 67.9 Å². The Bertz CT molecular complexity index is 1770. The van der Waals surface area contributed by atoms with E-state index in [1.807, 2.05) is 24.3 Å². The second-order valence-electron chi connectivity index (χ2n) is 15.6. The van der Waals surface area contributed by atoms with Crippen molar-refractivity contribution in [3.8, 4) is 0 Å². The van der Waals surface area contributed by atoms with Crippen LogP contribution in [-0.2, 0) is 38.1 Å². The number of urea groups is 1. The summed E-state index contributed by atoms with van der Waals surface area (Å²) in [7, 11) is 0. The van der Waals surface area contributed by atoms with Crippen LogP contribution in [0.15, 0.2) is 36.4 Å². The molecule has 2 atom stereocenters. The number of carbonyl (C=O) groups excluding carboxylic acids is 4. The second-order valence-corrected chi connectivity index (χ2v) is 16.0. The number of fused-ring (bicyclic) bond motifs is 1. The molecule has 6 rings (SSSR count). The van der Waals surface area contributed by atoms with E-state index in [0.29, 0.717) is 78.0 Å². The minimum Gasteiger partial charge on any atom is -0.464 e. The maximum atomic E-state index is 14.2. The molecule has 0 aromatic heterocycles. The number of anilines is 2. The zero-order chi connectivity index (χ0) is 41.4. The molecule has 4 amide bonds. The van der Waals surface area contributed by atoms with Crippen LogP contribution in [0.2, 0.25) is 5.02 Å². The minimum absolute atomic E-state index is 0.00298. The van der Waals surface area contributed by atoms with Gasteiger partial charge in [-0.1, -0.05) is 56.0 Å². The van der Waals surface area contributed by atoms with Crippen molar-refractivity contribution in [1.29, 1.82) is 0 Å². The molecule has 17 heteroatoms. The van der Waals surface area contributed by atoms with Crippen molar-refractivity contribution in [1.82, 2.24) is 24.9 Å². The van der Waals surface area contributed by atoms with Gasteiger partial charge in [0.15, 0.2) is 6.10 Å². The number of hydrogen-bond acceptors (Lipinski definition) is 9. The van der Waals surface area contributed by atoms with E-state index >= 15 is 0 Å². The van der Waals surface area contributed by atoms with Crippen molar-refractivity contribution < 1.29 is 41.8 Å². The molecule has 0 unspecified atom stereocenters. The maximum Gasteiger partial charge on any atom is 0.418 e. The first-order valence-electron chi connectivity index (χ1n) is 20.5. The van der Waals surface area contributed by atoms with Crippen LogP contribution in [0.4, 0.5) is 34.1 Å². The van der Waals surface area contributed by atoms with Crippen LogP contribution >= 0.6 is 11.6 Å². The van der Waals surface area contributed by atoms with Crippen molar-refractivity contribution in [2.45, 2.75) is 102 Å². The predicted molar refractivity (Wildman–Crippen MR) is 213 cm³/mol. The fraction of sp³-hybridized carbons (Fsp3) is 0.610. The topological polar surface area (TPSA) is 150 Å². The van der Waals surface area contributed by atoms with Crippen LogP contribution in [0.25, 0.3) is 0 Å². The van der Waals surface area contributed by atoms with Gasteiger partial charge in [0.2, 0.25) is 0 Å². The molecule has 3 saturated heterocycles. The Labute approximate surface area is 342 Å². The summed E-state index contributed by atoms with van der Waals surface area (Å²) >= 11 is 6.15. The summed E-state index contributed by atoms with van der Waals surface area (Å²) in [5, 5.41) is 5.95. The molecular weight excluding hydrogens is 779 g/mol. The largest absolute Gasteiger partial charge is 0.464 e. The normalized spacial score (nSPS) is 20.5. The average molecular weight is 834 g/mol. The number of halogens is 4. The van der Waals surface area contributed by atoms with Crippen LogP contribution in [0.3, 0.4) is 0 Å². The van der Waals surface area contributed by atoms with E-state index in [1.165, 1.54) is 11.0 Å². The van der Waals surface area contributed by atoms with Gasteiger partial charge >= 0.3 is 24.3 Å². The Kier molecular flexibility index (Phi) is 14.7. The summed E-state index contributed by atoms with van der Waals surface area (Å²) in [6.07, 6.45) is -0.661. The molecule has 3 fully saturated rings. The number of carbonyl (C=O) groups is 4. The standard InChI is InChI=1S/C41H55ClF3N7O6/c1-2-3-4-7-22-57-38(54)34-26-47-15-21-51(34)29-11-16-49(17-12-29)37(53)35(25-27-23-31(41(43,44)45)36(46)32(42)24-27)58-40(56)50-18-13-30(14-19-50)52-20-10-28-8-5-6-9-33(28)48-39(52)55/h5-6,8-9,23-24,29-30,34-35,47H,2-4,7,10-22,25-26,46H2,1H3,(H,48,55)/t34-,35+/m0/s1. The number of piperazine rings is 1. The highest BCUT2D eigenvalue weighted by Crippen LogP contribution is 2.38. The van der Waals surface area contributed by atoms with E-state index in [1.54, 1.807) is 9.80 Å². The molecule has 0 saturated carbocycles. The van der Waals surface area contributed by atoms with Gasteiger partial charge in [0.25, 0.3) is 5.91 Å². The number of unbranched alkanes of at least 4 members (excludes halogenated alkanes) is 3. The van der Waals surface area contributed by atoms with E-state index in [0.717, 1.165) is 43.0 Å². The fourth-order valence-corrected chi connectivity index (χ4v) is 8.75. The molecule has 0 aliphatic carbocycles. The number of esters is 1. The SMILES string of the molecule is CCCCCCOC(=O)[C@@H]1CNCCN1C1CCN(C(=O)[C@@H](Cc2cc(Cl)c(N)c(C(F)(F)F)c2)OC(=O)N2CCC(N3CCc4ccccc4NC3=O)CC2)CC1. The first kappa shape index (κ1) is 43.3. The zero-order valence-corrected chi connectivity index (χ0v) is 33.8. The molecule has 2 aromatic carbocycles. The zero-order valence-electron chi connectivity index (χ0n) is 33.0. The number of nitrogen functional groups attached to an aromatic ring is 1. The number of para-hydroxylation sites is 1. The Balaban J connectivity index is 1.10. The number of hydrogen-bond donors (Lipinski definition) is 3. The molecule has 58 heavy (non-hydrogen) atoms. The van der Waals surface area contributed by atoms with Crippen LogP contribution in [0, 0.1) is 0 Å². The molecule has 4 heterocycles. The Morgan fingerprint density at radius 1 is 0.948 bits per heavy atom. The third-order valence-electron chi connectivity index (χ3n) is 11.8. The van der Waals surface area contributed by atoms with Gasteiger partial charge in [0.05, 0.1) is 22.9 Å². The van der Waals surface area contributed by atoms with Crippen molar-refractivity contribution in [2.24, 2.45) is 0 Å². The van der Waals surface area contributed by atoms with E-state index in [-0.39, 0.29) is 54.2 Å². The lowest BCUT2D eigenvalue weighted by Crippen LogP contribution is -2.61. The third-order valence-corrected chi connectivity index (χ3v) is 12.1. The van der Waals surface area contributed by atoms with E-state index in [2.05, 4.69) is 22.5 Å². The number of nitrogens with zero attached hydrogens (tertiary/aromatic N) is 4. The smallest absolute Gasteiger partial charge is 0.418 e. The number of likely N-dealkylation sites (tertiary alicyclic amines) is 2. The van der Waals surface area contributed by atoms with E-state index in [4.69, 9.17) is 26.8 Å².